The van der Waals surface area contributed by atoms with Gasteiger partial charge in [0.2, 0.25) is 0 Å². The predicted molar refractivity (Wildman–Crippen MR) is 79.0 cm³/mol. The van der Waals surface area contributed by atoms with Crippen LogP contribution in [-0.4, -0.2) is 29.6 Å². The first-order valence-electron chi connectivity index (χ1n) is 7.40. The molecule has 0 spiro atoms. The standard InChI is InChI=1S/C17H23NO/c1-3-18(2)17-14-8-7-12(9-14)10-16(17)13-5-4-6-15(19)11-13/h4-6,10-12,14,17,19H,3,7-9H2,1-2H3/t12-,14-,17-/m0/s1. The molecule has 19 heavy (non-hydrogen) atoms. The molecule has 3 rings (SSSR count). The van der Waals surface area contributed by atoms with Crippen LogP contribution in [0.2, 0.25) is 0 Å². The molecule has 2 aliphatic rings. The zero-order valence-corrected chi connectivity index (χ0v) is 11.8. The van der Waals surface area contributed by atoms with Crippen LogP contribution in [0.5, 0.6) is 5.75 Å². The van der Waals surface area contributed by atoms with Gasteiger partial charge in [0, 0.05) is 6.04 Å². The van der Waals surface area contributed by atoms with Crippen molar-refractivity contribution >= 4 is 5.57 Å². The van der Waals surface area contributed by atoms with Gasteiger partial charge in [0.25, 0.3) is 0 Å². The van der Waals surface area contributed by atoms with Crippen molar-refractivity contribution in [2.75, 3.05) is 13.6 Å². The van der Waals surface area contributed by atoms with Gasteiger partial charge >= 0.3 is 0 Å². The van der Waals surface area contributed by atoms with Gasteiger partial charge < -0.3 is 5.11 Å². The van der Waals surface area contributed by atoms with Crippen molar-refractivity contribution in [2.45, 2.75) is 32.2 Å². The Morgan fingerprint density at radius 2 is 2.16 bits per heavy atom. The number of fused-ring (bicyclic) bond motifs is 2. The number of phenols is 1. The largest absolute Gasteiger partial charge is 0.508 e. The maximum atomic E-state index is 9.73. The fourth-order valence-corrected chi connectivity index (χ4v) is 3.84. The highest BCUT2D eigenvalue weighted by atomic mass is 16.3. The summed E-state index contributed by atoms with van der Waals surface area (Å²) in [5.41, 5.74) is 2.63. The second kappa shape index (κ2) is 5.01. The number of hydrogen-bond donors (Lipinski definition) is 1. The van der Waals surface area contributed by atoms with E-state index in [4.69, 9.17) is 0 Å². The molecule has 1 N–H and O–H groups in total. The second-order valence-electron chi connectivity index (χ2n) is 6.02. The third-order valence-electron chi connectivity index (χ3n) is 4.85. The molecule has 1 saturated carbocycles. The van der Waals surface area contributed by atoms with E-state index in [1.54, 1.807) is 6.07 Å². The van der Waals surface area contributed by atoms with Gasteiger partial charge in [-0.25, -0.2) is 0 Å². The van der Waals surface area contributed by atoms with Gasteiger partial charge in [0.15, 0.2) is 0 Å². The lowest BCUT2D eigenvalue weighted by Gasteiger charge is -2.37. The number of allylic oxidation sites excluding steroid dienone is 1. The molecule has 0 aromatic heterocycles. The summed E-state index contributed by atoms with van der Waals surface area (Å²) in [6, 6.07) is 8.26. The molecule has 0 aliphatic heterocycles. The lowest BCUT2D eigenvalue weighted by molar-refractivity contribution is 0.226. The van der Waals surface area contributed by atoms with E-state index in [1.807, 2.05) is 12.1 Å². The zero-order valence-electron chi connectivity index (χ0n) is 11.8. The lowest BCUT2D eigenvalue weighted by Crippen LogP contribution is -2.39. The molecule has 2 heteroatoms. The van der Waals surface area contributed by atoms with Crippen molar-refractivity contribution < 1.29 is 5.11 Å². The number of aromatic hydroxyl groups is 1. The van der Waals surface area contributed by atoms with Gasteiger partial charge in [-0.05, 0) is 68.0 Å². The average Bonchev–Trinajstić information content (AvgIpc) is 2.79. The van der Waals surface area contributed by atoms with Gasteiger partial charge in [-0.15, -0.1) is 0 Å². The third kappa shape index (κ3) is 2.30. The van der Waals surface area contributed by atoms with Crippen LogP contribution in [0.1, 0.15) is 31.7 Å². The summed E-state index contributed by atoms with van der Waals surface area (Å²) >= 11 is 0. The highest BCUT2D eigenvalue weighted by Gasteiger charge is 2.38. The Hall–Kier alpha value is -1.28. The molecule has 102 valence electrons. The summed E-state index contributed by atoms with van der Waals surface area (Å²) in [5, 5.41) is 9.73. The second-order valence-corrected chi connectivity index (χ2v) is 6.02. The number of phenolic OH excluding ortho intramolecular Hbond substituents is 1. The molecule has 0 amide bonds. The van der Waals surface area contributed by atoms with E-state index in [0.717, 1.165) is 18.4 Å². The molecular weight excluding hydrogens is 234 g/mol. The SMILES string of the molecule is CCN(C)[C@@H]1C(c2cccc(O)c2)=C[C@H]2CC[C@H]1C2. The summed E-state index contributed by atoms with van der Waals surface area (Å²) in [6.07, 6.45) is 6.49. The van der Waals surface area contributed by atoms with Crippen molar-refractivity contribution in [1.29, 1.82) is 0 Å². The topological polar surface area (TPSA) is 23.5 Å². The quantitative estimate of drug-likeness (QED) is 0.895. The Morgan fingerprint density at radius 1 is 1.32 bits per heavy atom. The Bertz CT molecular complexity index is 494. The summed E-state index contributed by atoms with van der Waals surface area (Å²) in [7, 11) is 2.22. The smallest absolute Gasteiger partial charge is 0.116 e. The van der Waals surface area contributed by atoms with E-state index in [9.17, 15) is 5.11 Å². The highest BCUT2D eigenvalue weighted by Crippen LogP contribution is 2.46. The Balaban J connectivity index is 2.01. The monoisotopic (exact) mass is 257 g/mol. The summed E-state index contributed by atoms with van der Waals surface area (Å²) in [6.45, 7) is 3.29. The fraction of sp³-hybridized carbons (Fsp3) is 0.529. The third-order valence-corrected chi connectivity index (χ3v) is 4.85. The first-order chi connectivity index (χ1) is 9.19. The molecule has 1 fully saturated rings. The first kappa shape index (κ1) is 12.7. The Labute approximate surface area is 115 Å². The van der Waals surface area contributed by atoms with Gasteiger partial charge in [-0.3, -0.25) is 4.90 Å². The summed E-state index contributed by atoms with van der Waals surface area (Å²) < 4.78 is 0. The molecule has 0 heterocycles. The van der Waals surface area contributed by atoms with Crippen LogP contribution < -0.4 is 0 Å². The van der Waals surface area contributed by atoms with Crippen LogP contribution in [0.25, 0.3) is 5.57 Å². The number of benzene rings is 1. The minimum Gasteiger partial charge on any atom is -0.508 e. The van der Waals surface area contributed by atoms with E-state index in [-0.39, 0.29) is 0 Å². The molecular formula is C17H23NO. The number of rotatable bonds is 3. The van der Waals surface area contributed by atoms with E-state index in [1.165, 1.54) is 30.4 Å². The fourth-order valence-electron chi connectivity index (χ4n) is 3.84. The van der Waals surface area contributed by atoms with Gasteiger partial charge in [-0.1, -0.05) is 25.1 Å². The van der Waals surface area contributed by atoms with E-state index >= 15 is 0 Å². The molecule has 0 unspecified atom stereocenters. The number of nitrogens with zero attached hydrogens (tertiary/aromatic N) is 1. The van der Waals surface area contributed by atoms with Crippen molar-refractivity contribution in [3.63, 3.8) is 0 Å². The van der Waals surface area contributed by atoms with E-state index < -0.39 is 0 Å². The number of hydrogen-bond acceptors (Lipinski definition) is 2. The van der Waals surface area contributed by atoms with Gasteiger partial charge in [0.1, 0.15) is 5.75 Å². The lowest BCUT2D eigenvalue weighted by atomic mass is 9.81. The predicted octanol–water partition coefficient (Wildman–Crippen LogP) is 3.53. The van der Waals surface area contributed by atoms with Crippen molar-refractivity contribution in [1.82, 2.24) is 4.90 Å². The van der Waals surface area contributed by atoms with Crippen molar-refractivity contribution in [3.8, 4) is 5.75 Å². The van der Waals surface area contributed by atoms with E-state index in [2.05, 4.69) is 31.0 Å². The molecule has 3 atom stereocenters. The average molecular weight is 257 g/mol. The van der Waals surface area contributed by atoms with Crippen LogP contribution in [0.15, 0.2) is 30.3 Å². The maximum absolute atomic E-state index is 9.73. The zero-order chi connectivity index (χ0) is 13.4. The Morgan fingerprint density at radius 3 is 2.89 bits per heavy atom. The van der Waals surface area contributed by atoms with Gasteiger partial charge in [0.05, 0.1) is 0 Å². The first-order valence-corrected chi connectivity index (χ1v) is 7.40. The number of likely N-dealkylation sites (N-methyl/N-ethyl adjacent to an activating group) is 1. The summed E-state index contributed by atoms with van der Waals surface area (Å²) in [5.74, 6) is 1.91. The molecule has 0 saturated heterocycles. The highest BCUT2D eigenvalue weighted by molar-refractivity contribution is 5.72. The van der Waals surface area contributed by atoms with Crippen LogP contribution >= 0.6 is 0 Å². The molecule has 2 nitrogen and oxygen atoms in total. The van der Waals surface area contributed by atoms with E-state index in [0.29, 0.717) is 11.8 Å². The molecule has 0 radical (unpaired) electrons. The molecule has 1 aromatic carbocycles. The van der Waals surface area contributed by atoms with Gasteiger partial charge in [-0.2, -0.15) is 0 Å². The van der Waals surface area contributed by atoms with Crippen LogP contribution in [-0.2, 0) is 0 Å². The molecule has 2 bridgehead atoms. The molecule has 1 aromatic rings. The van der Waals surface area contributed by atoms with Crippen LogP contribution in [0.4, 0.5) is 0 Å². The minimum absolute atomic E-state index is 0.370. The van der Waals surface area contributed by atoms with Crippen molar-refractivity contribution in [3.05, 3.63) is 35.9 Å². The normalized spacial score (nSPS) is 29.6. The molecule has 2 aliphatic carbocycles. The summed E-state index contributed by atoms with van der Waals surface area (Å²) in [4.78, 5) is 2.46. The minimum atomic E-state index is 0.370. The van der Waals surface area contributed by atoms with Crippen molar-refractivity contribution in [2.24, 2.45) is 11.8 Å². The Kier molecular flexibility index (Phi) is 3.36. The maximum Gasteiger partial charge on any atom is 0.116 e. The van der Waals surface area contributed by atoms with Crippen LogP contribution in [0.3, 0.4) is 0 Å². The van der Waals surface area contributed by atoms with Crippen LogP contribution in [0, 0.1) is 11.8 Å².